The molecule has 0 spiro atoms. The molecule has 3 rings (SSSR count). The Morgan fingerprint density at radius 2 is 1.81 bits per heavy atom. The largest absolute Gasteiger partial charge is 0.484 e. The van der Waals surface area contributed by atoms with Crippen LogP contribution < -0.4 is 15.4 Å². The number of amides is 2. The van der Waals surface area contributed by atoms with Crippen LogP contribution in [0, 0.1) is 6.92 Å². The molecule has 27 heavy (non-hydrogen) atoms. The lowest BCUT2D eigenvalue weighted by Crippen LogP contribution is -2.32. The Labute approximate surface area is 157 Å². The molecule has 0 saturated heterocycles. The average Bonchev–Trinajstić information content (AvgIpc) is 3.10. The van der Waals surface area contributed by atoms with Gasteiger partial charge in [0.2, 0.25) is 0 Å². The number of carbonyl (C=O) groups excluding carboxylic acids is 2. The second kappa shape index (κ2) is 8.89. The van der Waals surface area contributed by atoms with E-state index in [9.17, 15) is 9.59 Å². The number of fused-ring (bicyclic) bond motifs is 1. The maximum Gasteiger partial charge on any atom is 0.267 e. The highest BCUT2D eigenvalue weighted by molar-refractivity contribution is 5.97. The van der Waals surface area contributed by atoms with Crippen molar-refractivity contribution < 1.29 is 14.3 Å². The molecular weight excluding hydrogens is 342 g/mol. The van der Waals surface area contributed by atoms with E-state index in [0.29, 0.717) is 31.0 Å². The second-order valence-electron chi connectivity index (χ2n) is 6.33. The number of aryl methyl sites for hydroxylation is 1. The molecule has 0 unspecified atom stereocenters. The van der Waals surface area contributed by atoms with Gasteiger partial charge in [0, 0.05) is 24.0 Å². The number of hydrogen-bond acceptors (Lipinski definition) is 3. The normalized spacial score (nSPS) is 10.6. The van der Waals surface area contributed by atoms with Crippen molar-refractivity contribution in [3.63, 3.8) is 0 Å². The number of H-pyrrole nitrogens is 1. The number of para-hydroxylation sites is 1. The Morgan fingerprint density at radius 3 is 2.63 bits per heavy atom. The first-order chi connectivity index (χ1) is 13.1. The zero-order valence-electron chi connectivity index (χ0n) is 15.2. The van der Waals surface area contributed by atoms with Crippen LogP contribution in [0.5, 0.6) is 5.75 Å². The van der Waals surface area contributed by atoms with Gasteiger partial charge in [0.25, 0.3) is 11.8 Å². The third-order valence-electron chi connectivity index (χ3n) is 4.10. The summed E-state index contributed by atoms with van der Waals surface area (Å²) in [4.78, 5) is 27.0. The highest BCUT2D eigenvalue weighted by atomic mass is 16.5. The van der Waals surface area contributed by atoms with Crippen LogP contribution in [-0.4, -0.2) is 36.5 Å². The number of nitrogens with one attached hydrogen (secondary N) is 3. The third kappa shape index (κ3) is 5.34. The van der Waals surface area contributed by atoms with Gasteiger partial charge in [0.1, 0.15) is 11.4 Å². The lowest BCUT2D eigenvalue weighted by molar-refractivity contribution is -0.123. The van der Waals surface area contributed by atoms with Gasteiger partial charge in [-0.1, -0.05) is 30.3 Å². The van der Waals surface area contributed by atoms with Crippen molar-refractivity contribution in [1.82, 2.24) is 15.6 Å². The zero-order valence-corrected chi connectivity index (χ0v) is 15.2. The van der Waals surface area contributed by atoms with Gasteiger partial charge in [-0.2, -0.15) is 0 Å². The first-order valence-corrected chi connectivity index (χ1v) is 8.94. The number of aromatic nitrogens is 1. The molecule has 0 bridgehead atoms. The summed E-state index contributed by atoms with van der Waals surface area (Å²) in [5, 5.41) is 6.63. The smallest absolute Gasteiger partial charge is 0.267 e. The van der Waals surface area contributed by atoms with E-state index in [1.807, 2.05) is 61.5 Å². The molecule has 0 aliphatic rings. The van der Waals surface area contributed by atoms with Crippen molar-refractivity contribution in [3.05, 3.63) is 65.9 Å². The fraction of sp³-hybridized carbons (Fsp3) is 0.238. The van der Waals surface area contributed by atoms with Crippen LogP contribution in [0.25, 0.3) is 10.9 Å². The van der Waals surface area contributed by atoms with Crippen molar-refractivity contribution >= 4 is 22.7 Å². The van der Waals surface area contributed by atoms with E-state index in [0.717, 1.165) is 16.5 Å². The van der Waals surface area contributed by atoms with Crippen molar-refractivity contribution in [2.45, 2.75) is 13.3 Å². The predicted octanol–water partition coefficient (Wildman–Crippen LogP) is 2.79. The van der Waals surface area contributed by atoms with Crippen LogP contribution in [0.1, 0.15) is 22.5 Å². The van der Waals surface area contributed by atoms with Gasteiger partial charge in [-0.05, 0) is 43.2 Å². The molecule has 3 N–H and O–H groups in total. The molecule has 0 aliphatic heterocycles. The van der Waals surface area contributed by atoms with Gasteiger partial charge < -0.3 is 20.4 Å². The summed E-state index contributed by atoms with van der Waals surface area (Å²) < 4.78 is 5.44. The van der Waals surface area contributed by atoms with Crippen LogP contribution >= 0.6 is 0 Å². The fourth-order valence-electron chi connectivity index (χ4n) is 2.71. The van der Waals surface area contributed by atoms with Crippen molar-refractivity contribution in [1.29, 1.82) is 0 Å². The van der Waals surface area contributed by atoms with E-state index in [2.05, 4.69) is 15.6 Å². The lowest BCUT2D eigenvalue weighted by Gasteiger charge is -2.08. The quantitative estimate of drug-likeness (QED) is 0.537. The van der Waals surface area contributed by atoms with Crippen LogP contribution in [0.4, 0.5) is 0 Å². The fourth-order valence-corrected chi connectivity index (χ4v) is 2.71. The highest BCUT2D eigenvalue weighted by Crippen LogP contribution is 2.14. The number of carbonyl (C=O) groups is 2. The molecule has 0 aliphatic carbocycles. The summed E-state index contributed by atoms with van der Waals surface area (Å²) in [6.45, 7) is 2.90. The minimum atomic E-state index is -0.182. The Morgan fingerprint density at radius 1 is 1.00 bits per heavy atom. The van der Waals surface area contributed by atoms with Crippen LogP contribution in [0.2, 0.25) is 0 Å². The van der Waals surface area contributed by atoms with Crippen molar-refractivity contribution in [2.24, 2.45) is 0 Å². The Hall–Kier alpha value is -3.28. The molecule has 6 nitrogen and oxygen atoms in total. The lowest BCUT2D eigenvalue weighted by atomic mass is 10.2. The highest BCUT2D eigenvalue weighted by Gasteiger charge is 2.08. The van der Waals surface area contributed by atoms with E-state index >= 15 is 0 Å². The number of aromatic amines is 1. The van der Waals surface area contributed by atoms with Gasteiger partial charge in [-0.25, -0.2) is 0 Å². The standard InChI is InChI=1S/C21H23N3O3/c1-15-6-4-8-17(12-15)27-14-20(25)22-10-5-11-23-21(26)19-13-16-7-2-3-9-18(16)24-19/h2-4,6-9,12-13,24H,5,10-11,14H2,1H3,(H,22,25)(H,23,26). The number of hydrogen-bond donors (Lipinski definition) is 3. The maximum atomic E-state index is 12.1. The monoisotopic (exact) mass is 365 g/mol. The summed E-state index contributed by atoms with van der Waals surface area (Å²) in [6, 6.07) is 17.1. The van der Waals surface area contributed by atoms with E-state index in [1.165, 1.54) is 0 Å². The Kier molecular flexibility index (Phi) is 6.10. The Bertz CT molecular complexity index is 900. The maximum absolute atomic E-state index is 12.1. The van der Waals surface area contributed by atoms with Gasteiger partial charge in [-0.15, -0.1) is 0 Å². The number of benzene rings is 2. The van der Waals surface area contributed by atoms with Gasteiger partial charge in [0.05, 0.1) is 0 Å². The van der Waals surface area contributed by atoms with Crippen LogP contribution in [0.15, 0.2) is 54.6 Å². The van der Waals surface area contributed by atoms with Gasteiger partial charge in [0.15, 0.2) is 6.61 Å². The molecule has 1 heterocycles. The summed E-state index contributed by atoms with van der Waals surface area (Å²) in [5.74, 6) is 0.342. The van der Waals surface area contributed by atoms with E-state index in [1.54, 1.807) is 0 Å². The van der Waals surface area contributed by atoms with E-state index in [4.69, 9.17) is 4.74 Å². The third-order valence-corrected chi connectivity index (χ3v) is 4.10. The molecular formula is C21H23N3O3. The number of ether oxygens (including phenoxy) is 1. The van der Waals surface area contributed by atoms with Crippen molar-refractivity contribution in [3.8, 4) is 5.75 Å². The summed E-state index contributed by atoms with van der Waals surface area (Å²) in [7, 11) is 0. The SMILES string of the molecule is Cc1cccc(OCC(=O)NCCCNC(=O)c2cc3ccccc3[nH]2)c1. The molecule has 2 aromatic carbocycles. The minimum Gasteiger partial charge on any atom is -0.484 e. The molecule has 0 atom stereocenters. The first-order valence-electron chi connectivity index (χ1n) is 8.94. The average molecular weight is 365 g/mol. The van der Waals surface area contributed by atoms with Crippen LogP contribution in [0.3, 0.4) is 0 Å². The second-order valence-corrected chi connectivity index (χ2v) is 6.33. The molecule has 3 aromatic rings. The number of rotatable bonds is 8. The zero-order chi connectivity index (χ0) is 19.1. The molecule has 0 saturated carbocycles. The van der Waals surface area contributed by atoms with E-state index in [-0.39, 0.29) is 18.4 Å². The molecule has 0 radical (unpaired) electrons. The Balaban J connectivity index is 1.32. The van der Waals surface area contributed by atoms with E-state index < -0.39 is 0 Å². The molecule has 1 aromatic heterocycles. The molecule has 6 heteroatoms. The summed E-state index contributed by atoms with van der Waals surface area (Å²) in [5.41, 5.74) is 2.55. The summed E-state index contributed by atoms with van der Waals surface area (Å²) in [6.07, 6.45) is 0.641. The molecule has 140 valence electrons. The van der Waals surface area contributed by atoms with Gasteiger partial charge in [-0.3, -0.25) is 9.59 Å². The predicted molar refractivity (Wildman–Crippen MR) is 105 cm³/mol. The van der Waals surface area contributed by atoms with Gasteiger partial charge >= 0.3 is 0 Å². The van der Waals surface area contributed by atoms with Crippen molar-refractivity contribution in [2.75, 3.05) is 19.7 Å². The van der Waals surface area contributed by atoms with Crippen LogP contribution in [-0.2, 0) is 4.79 Å². The first kappa shape index (κ1) is 18.5. The summed E-state index contributed by atoms with van der Waals surface area (Å²) >= 11 is 0. The molecule has 0 fully saturated rings. The minimum absolute atomic E-state index is 0.0229. The topological polar surface area (TPSA) is 83.2 Å². The molecule has 2 amide bonds.